The molecular formula is C15H22O3. The Kier molecular flexibility index (Phi) is 5.49. The molecule has 0 radical (unpaired) electrons. The van der Waals surface area contributed by atoms with Gasteiger partial charge >= 0.3 is 0 Å². The Morgan fingerprint density at radius 2 is 2.11 bits per heavy atom. The van der Waals surface area contributed by atoms with E-state index in [4.69, 9.17) is 14.6 Å². The molecule has 1 aromatic carbocycles. The number of hydrogen-bond acceptors (Lipinski definition) is 3. The molecule has 0 aliphatic carbocycles. The highest BCUT2D eigenvalue weighted by Crippen LogP contribution is 2.17. The van der Waals surface area contributed by atoms with Crippen molar-refractivity contribution in [3.63, 3.8) is 0 Å². The Bertz CT molecular complexity index is 328. The summed E-state index contributed by atoms with van der Waals surface area (Å²) in [5, 5.41) is 8.82. The summed E-state index contributed by atoms with van der Waals surface area (Å²) in [7, 11) is 0. The van der Waals surface area contributed by atoms with Crippen molar-refractivity contribution < 1.29 is 14.6 Å². The van der Waals surface area contributed by atoms with Crippen molar-refractivity contribution in [3.8, 4) is 5.75 Å². The van der Waals surface area contributed by atoms with Crippen LogP contribution in [0.15, 0.2) is 24.3 Å². The number of benzene rings is 1. The Morgan fingerprint density at radius 1 is 1.28 bits per heavy atom. The van der Waals surface area contributed by atoms with Gasteiger partial charge in [0.05, 0.1) is 12.7 Å². The third-order valence-electron chi connectivity index (χ3n) is 3.29. The number of ether oxygens (including phenoxy) is 2. The van der Waals surface area contributed by atoms with Crippen LogP contribution in [0.1, 0.15) is 31.2 Å². The Morgan fingerprint density at radius 3 is 2.78 bits per heavy atom. The van der Waals surface area contributed by atoms with E-state index in [-0.39, 0.29) is 6.61 Å². The topological polar surface area (TPSA) is 38.7 Å². The summed E-state index contributed by atoms with van der Waals surface area (Å²) in [6.07, 6.45) is 5.72. The molecule has 1 aliphatic heterocycles. The lowest BCUT2D eigenvalue weighted by Gasteiger charge is -2.10. The molecule has 1 unspecified atom stereocenters. The number of hydrogen-bond donors (Lipinski definition) is 1. The van der Waals surface area contributed by atoms with Gasteiger partial charge in [-0.25, -0.2) is 0 Å². The zero-order valence-corrected chi connectivity index (χ0v) is 10.8. The highest BCUT2D eigenvalue weighted by atomic mass is 16.5. The van der Waals surface area contributed by atoms with Crippen molar-refractivity contribution in [3.05, 3.63) is 29.8 Å². The van der Waals surface area contributed by atoms with Gasteiger partial charge in [0.2, 0.25) is 0 Å². The van der Waals surface area contributed by atoms with Gasteiger partial charge in [0, 0.05) is 13.2 Å². The minimum absolute atomic E-state index is 0.196. The Balaban J connectivity index is 1.63. The van der Waals surface area contributed by atoms with Crippen LogP contribution in [0.3, 0.4) is 0 Å². The summed E-state index contributed by atoms with van der Waals surface area (Å²) in [6.45, 7) is 1.87. The van der Waals surface area contributed by atoms with E-state index in [1.54, 1.807) is 0 Å². The molecule has 0 bridgehead atoms. The highest BCUT2D eigenvalue weighted by molar-refractivity contribution is 5.27. The van der Waals surface area contributed by atoms with Crippen LogP contribution in [0.2, 0.25) is 0 Å². The van der Waals surface area contributed by atoms with Gasteiger partial charge in [0.25, 0.3) is 0 Å². The average Bonchev–Trinajstić information content (AvgIpc) is 2.90. The van der Waals surface area contributed by atoms with Crippen molar-refractivity contribution in [1.29, 1.82) is 0 Å². The molecule has 1 heterocycles. The van der Waals surface area contributed by atoms with E-state index in [0.29, 0.717) is 12.5 Å². The first-order valence-electron chi connectivity index (χ1n) is 6.82. The van der Waals surface area contributed by atoms with Gasteiger partial charge in [-0.15, -0.1) is 0 Å². The van der Waals surface area contributed by atoms with E-state index in [1.807, 2.05) is 24.3 Å². The third kappa shape index (κ3) is 4.31. The van der Waals surface area contributed by atoms with Crippen LogP contribution in [0.25, 0.3) is 0 Å². The van der Waals surface area contributed by atoms with E-state index in [0.717, 1.165) is 37.4 Å². The summed E-state index contributed by atoms with van der Waals surface area (Å²) < 4.78 is 11.2. The molecule has 0 saturated carbocycles. The quantitative estimate of drug-likeness (QED) is 0.756. The van der Waals surface area contributed by atoms with E-state index in [9.17, 15) is 0 Å². The predicted molar refractivity (Wildman–Crippen MR) is 70.9 cm³/mol. The van der Waals surface area contributed by atoms with Crippen molar-refractivity contribution in [2.45, 2.75) is 38.2 Å². The standard InChI is InChI=1S/C15H22O3/c16-10-9-13-5-7-15(8-6-13)18-12-2-4-14-3-1-11-17-14/h5-8,14,16H,1-4,9-12H2. The van der Waals surface area contributed by atoms with E-state index >= 15 is 0 Å². The predicted octanol–water partition coefficient (Wildman–Crippen LogP) is 2.56. The third-order valence-corrected chi connectivity index (χ3v) is 3.29. The second-order valence-electron chi connectivity index (χ2n) is 4.74. The minimum atomic E-state index is 0.196. The first-order valence-corrected chi connectivity index (χ1v) is 6.82. The van der Waals surface area contributed by atoms with Crippen molar-refractivity contribution >= 4 is 0 Å². The van der Waals surface area contributed by atoms with E-state index < -0.39 is 0 Å². The van der Waals surface area contributed by atoms with Gasteiger partial charge in [-0.05, 0) is 49.8 Å². The van der Waals surface area contributed by atoms with Gasteiger partial charge in [0.15, 0.2) is 0 Å². The first-order chi connectivity index (χ1) is 8.88. The summed E-state index contributed by atoms with van der Waals surface area (Å²) in [6, 6.07) is 7.95. The largest absolute Gasteiger partial charge is 0.494 e. The first kappa shape index (κ1) is 13.4. The summed E-state index contributed by atoms with van der Waals surface area (Å²) in [5.74, 6) is 0.907. The molecule has 1 N–H and O–H groups in total. The second-order valence-corrected chi connectivity index (χ2v) is 4.74. The molecule has 0 amide bonds. The minimum Gasteiger partial charge on any atom is -0.494 e. The molecule has 3 heteroatoms. The molecule has 0 spiro atoms. The monoisotopic (exact) mass is 250 g/mol. The number of aliphatic hydroxyl groups excluding tert-OH is 1. The normalized spacial score (nSPS) is 19.1. The fourth-order valence-corrected chi connectivity index (χ4v) is 2.25. The van der Waals surface area contributed by atoms with Crippen LogP contribution in [-0.4, -0.2) is 31.0 Å². The average molecular weight is 250 g/mol. The number of aliphatic hydroxyl groups is 1. The maximum atomic E-state index is 8.82. The SMILES string of the molecule is OCCc1ccc(OCCCC2CCCO2)cc1. The molecular weight excluding hydrogens is 228 g/mol. The zero-order valence-electron chi connectivity index (χ0n) is 10.8. The smallest absolute Gasteiger partial charge is 0.119 e. The van der Waals surface area contributed by atoms with Crippen molar-refractivity contribution in [2.24, 2.45) is 0 Å². The summed E-state index contributed by atoms with van der Waals surface area (Å²) >= 11 is 0. The molecule has 1 fully saturated rings. The van der Waals surface area contributed by atoms with E-state index in [2.05, 4.69) is 0 Å². The molecule has 1 saturated heterocycles. The van der Waals surface area contributed by atoms with Crippen LogP contribution >= 0.6 is 0 Å². The van der Waals surface area contributed by atoms with Gasteiger partial charge in [-0.1, -0.05) is 12.1 Å². The van der Waals surface area contributed by atoms with Crippen molar-refractivity contribution in [2.75, 3.05) is 19.8 Å². The van der Waals surface area contributed by atoms with Crippen LogP contribution in [0, 0.1) is 0 Å². The lowest BCUT2D eigenvalue weighted by molar-refractivity contribution is 0.0981. The van der Waals surface area contributed by atoms with Gasteiger partial charge in [0.1, 0.15) is 5.75 Å². The van der Waals surface area contributed by atoms with E-state index in [1.165, 1.54) is 12.8 Å². The zero-order chi connectivity index (χ0) is 12.6. The molecule has 100 valence electrons. The second kappa shape index (κ2) is 7.39. The van der Waals surface area contributed by atoms with Gasteiger partial charge < -0.3 is 14.6 Å². The van der Waals surface area contributed by atoms with Crippen molar-refractivity contribution in [1.82, 2.24) is 0 Å². The molecule has 0 aromatic heterocycles. The fraction of sp³-hybridized carbons (Fsp3) is 0.600. The highest BCUT2D eigenvalue weighted by Gasteiger charge is 2.14. The Hall–Kier alpha value is -1.06. The Labute approximate surface area is 109 Å². The maximum absolute atomic E-state index is 8.82. The maximum Gasteiger partial charge on any atom is 0.119 e. The molecule has 3 nitrogen and oxygen atoms in total. The molecule has 1 atom stereocenters. The molecule has 1 aromatic rings. The molecule has 1 aliphatic rings. The lowest BCUT2D eigenvalue weighted by Crippen LogP contribution is -2.07. The van der Waals surface area contributed by atoms with Crippen LogP contribution in [-0.2, 0) is 11.2 Å². The molecule has 18 heavy (non-hydrogen) atoms. The number of rotatable bonds is 7. The summed E-state index contributed by atoms with van der Waals surface area (Å²) in [5.41, 5.74) is 1.14. The van der Waals surface area contributed by atoms with Crippen LogP contribution in [0.5, 0.6) is 5.75 Å². The lowest BCUT2D eigenvalue weighted by atomic mass is 10.1. The van der Waals surface area contributed by atoms with Gasteiger partial charge in [-0.3, -0.25) is 0 Å². The van der Waals surface area contributed by atoms with Gasteiger partial charge in [-0.2, -0.15) is 0 Å². The molecule has 2 rings (SSSR count). The van der Waals surface area contributed by atoms with Crippen LogP contribution in [0.4, 0.5) is 0 Å². The fourth-order valence-electron chi connectivity index (χ4n) is 2.25. The van der Waals surface area contributed by atoms with Crippen LogP contribution < -0.4 is 4.74 Å². The summed E-state index contributed by atoms with van der Waals surface area (Å²) in [4.78, 5) is 0.